The first-order valence-electron chi connectivity index (χ1n) is 10.3. The van der Waals surface area contributed by atoms with Gasteiger partial charge in [-0.05, 0) is 58.4 Å². The minimum atomic E-state index is -2.90. The van der Waals surface area contributed by atoms with Gasteiger partial charge in [0.15, 0.2) is 0 Å². The summed E-state index contributed by atoms with van der Waals surface area (Å²) in [6.07, 6.45) is 0.740. The van der Waals surface area contributed by atoms with Crippen molar-refractivity contribution in [2.24, 2.45) is 0 Å². The molecule has 1 aliphatic heterocycles. The number of amides is 1. The van der Waals surface area contributed by atoms with Gasteiger partial charge in [-0.25, -0.2) is 9.78 Å². The first-order chi connectivity index (χ1) is 15.0. The van der Waals surface area contributed by atoms with Crippen LogP contribution in [0.25, 0.3) is 0 Å². The van der Waals surface area contributed by atoms with Crippen LogP contribution in [0, 0.1) is 0 Å². The summed E-state index contributed by atoms with van der Waals surface area (Å²) >= 11 is 0. The second-order valence-electron chi connectivity index (χ2n) is 8.51. The molecule has 3 atom stereocenters. The molecule has 2 aromatic rings. The van der Waals surface area contributed by atoms with Crippen molar-refractivity contribution in [3.8, 4) is 5.75 Å². The van der Waals surface area contributed by atoms with E-state index in [2.05, 4.69) is 20.0 Å². The lowest BCUT2D eigenvalue weighted by atomic mass is 10.1. The molecule has 0 spiro atoms. The quantitative estimate of drug-likeness (QED) is 0.619. The fraction of sp³-hybridized carbons (Fsp3) is 0.500. The number of aromatic nitrogens is 2. The van der Waals surface area contributed by atoms with Gasteiger partial charge >= 0.3 is 12.7 Å². The number of halogens is 2. The zero-order valence-electron chi connectivity index (χ0n) is 18.7. The SMILES string of the molecule is C[C@H](Nc1nccc(N2C(=O)OC[C@@H]2[C@@H](C)OC(C)(C)C)n1)c1cccc(OC(F)F)c1. The number of nitrogens with one attached hydrogen (secondary N) is 1. The molecule has 0 bridgehead atoms. The molecule has 1 aromatic carbocycles. The van der Waals surface area contributed by atoms with Crippen molar-refractivity contribution in [1.29, 1.82) is 0 Å². The number of carbonyl (C=O) groups is 1. The molecule has 2 heterocycles. The molecule has 0 radical (unpaired) electrons. The largest absolute Gasteiger partial charge is 0.447 e. The van der Waals surface area contributed by atoms with Gasteiger partial charge in [0.25, 0.3) is 0 Å². The van der Waals surface area contributed by atoms with Crippen LogP contribution in [-0.2, 0) is 9.47 Å². The Hall–Kier alpha value is -3.01. The normalized spacial score (nSPS) is 18.4. The average Bonchev–Trinajstić information content (AvgIpc) is 3.08. The minimum absolute atomic E-state index is 0.0660. The zero-order chi connectivity index (χ0) is 23.5. The minimum Gasteiger partial charge on any atom is -0.447 e. The highest BCUT2D eigenvalue weighted by molar-refractivity contribution is 5.89. The number of ether oxygens (including phenoxy) is 3. The van der Waals surface area contributed by atoms with Crippen molar-refractivity contribution in [3.63, 3.8) is 0 Å². The fourth-order valence-corrected chi connectivity index (χ4v) is 3.47. The molecule has 1 aliphatic rings. The molecule has 1 N–H and O–H groups in total. The number of hydrogen-bond acceptors (Lipinski definition) is 7. The summed E-state index contributed by atoms with van der Waals surface area (Å²) in [5.41, 5.74) is 0.329. The third kappa shape index (κ3) is 6.03. The van der Waals surface area contributed by atoms with Crippen LogP contribution in [0.15, 0.2) is 36.5 Å². The molecule has 3 rings (SSSR count). The second kappa shape index (κ2) is 9.64. The van der Waals surface area contributed by atoms with Gasteiger partial charge in [-0.1, -0.05) is 12.1 Å². The van der Waals surface area contributed by atoms with Gasteiger partial charge in [0.1, 0.15) is 24.2 Å². The van der Waals surface area contributed by atoms with Crippen LogP contribution < -0.4 is 15.0 Å². The molecule has 32 heavy (non-hydrogen) atoms. The molecular weight excluding hydrogens is 422 g/mol. The molecule has 1 saturated heterocycles. The van der Waals surface area contributed by atoms with E-state index >= 15 is 0 Å². The molecule has 1 fully saturated rings. The van der Waals surface area contributed by atoms with Gasteiger partial charge < -0.3 is 19.5 Å². The third-order valence-electron chi connectivity index (χ3n) is 4.80. The van der Waals surface area contributed by atoms with E-state index in [1.807, 2.05) is 34.6 Å². The van der Waals surface area contributed by atoms with Crippen molar-refractivity contribution >= 4 is 17.9 Å². The van der Waals surface area contributed by atoms with Crippen molar-refractivity contribution < 1.29 is 27.8 Å². The fourth-order valence-electron chi connectivity index (χ4n) is 3.47. The van der Waals surface area contributed by atoms with Crippen LogP contribution in [-0.4, -0.2) is 47.0 Å². The topological polar surface area (TPSA) is 85.8 Å². The number of benzene rings is 1. The molecule has 0 unspecified atom stereocenters. The zero-order valence-corrected chi connectivity index (χ0v) is 18.7. The maximum atomic E-state index is 12.5. The molecular formula is C22H28F2N4O4. The van der Waals surface area contributed by atoms with Gasteiger partial charge in [-0.2, -0.15) is 13.8 Å². The Balaban J connectivity index is 1.76. The predicted molar refractivity (Wildman–Crippen MR) is 115 cm³/mol. The smallest absolute Gasteiger partial charge is 0.416 e. The summed E-state index contributed by atoms with van der Waals surface area (Å²) in [6, 6.07) is 7.35. The molecule has 1 aromatic heterocycles. The summed E-state index contributed by atoms with van der Waals surface area (Å²) in [5, 5.41) is 3.12. The number of cyclic esters (lactones) is 1. The Morgan fingerprint density at radius 3 is 2.69 bits per heavy atom. The van der Waals surface area contributed by atoms with E-state index in [4.69, 9.17) is 9.47 Å². The number of anilines is 2. The van der Waals surface area contributed by atoms with Crippen LogP contribution in [0.5, 0.6) is 5.75 Å². The summed E-state index contributed by atoms with van der Waals surface area (Å²) < 4.78 is 40.7. The Kier molecular flexibility index (Phi) is 7.12. The van der Waals surface area contributed by atoms with E-state index in [0.29, 0.717) is 11.4 Å². The van der Waals surface area contributed by atoms with Crippen molar-refractivity contribution in [1.82, 2.24) is 9.97 Å². The van der Waals surface area contributed by atoms with Gasteiger partial charge in [-0.15, -0.1) is 0 Å². The van der Waals surface area contributed by atoms with Crippen LogP contribution in [0.3, 0.4) is 0 Å². The molecule has 0 aliphatic carbocycles. The molecule has 174 valence electrons. The van der Waals surface area contributed by atoms with E-state index in [-0.39, 0.29) is 42.1 Å². The van der Waals surface area contributed by atoms with Gasteiger partial charge in [-0.3, -0.25) is 4.90 Å². The Labute approximate surface area is 185 Å². The lowest BCUT2D eigenvalue weighted by Crippen LogP contribution is -2.45. The number of alkyl halides is 2. The Bertz CT molecular complexity index is 938. The number of rotatable bonds is 8. The third-order valence-corrected chi connectivity index (χ3v) is 4.80. The summed E-state index contributed by atoms with van der Waals surface area (Å²) in [5.74, 6) is 0.718. The van der Waals surface area contributed by atoms with E-state index in [1.54, 1.807) is 18.2 Å². The van der Waals surface area contributed by atoms with Crippen LogP contribution in [0.4, 0.5) is 25.3 Å². The first kappa shape index (κ1) is 23.6. The lowest BCUT2D eigenvalue weighted by Gasteiger charge is -2.31. The van der Waals surface area contributed by atoms with Crippen molar-refractivity contribution in [2.45, 2.75) is 65.0 Å². The number of hydrogen-bond donors (Lipinski definition) is 1. The van der Waals surface area contributed by atoms with Crippen LogP contribution in [0.1, 0.15) is 46.2 Å². The van der Waals surface area contributed by atoms with Crippen molar-refractivity contribution in [2.75, 3.05) is 16.8 Å². The maximum absolute atomic E-state index is 12.5. The molecule has 8 nitrogen and oxygen atoms in total. The monoisotopic (exact) mass is 450 g/mol. The predicted octanol–water partition coefficient (Wildman–Crippen LogP) is 4.78. The van der Waals surface area contributed by atoms with E-state index < -0.39 is 12.7 Å². The summed E-state index contributed by atoms with van der Waals surface area (Å²) in [7, 11) is 0. The average molecular weight is 450 g/mol. The lowest BCUT2D eigenvalue weighted by molar-refractivity contribution is -0.0618. The van der Waals surface area contributed by atoms with E-state index in [0.717, 1.165) is 0 Å². The van der Waals surface area contributed by atoms with Gasteiger partial charge in [0.2, 0.25) is 5.95 Å². The number of carbonyl (C=O) groups excluding carboxylic acids is 1. The van der Waals surface area contributed by atoms with Crippen molar-refractivity contribution in [3.05, 3.63) is 42.1 Å². The second-order valence-corrected chi connectivity index (χ2v) is 8.51. The van der Waals surface area contributed by atoms with E-state index in [1.165, 1.54) is 23.2 Å². The molecule has 10 heteroatoms. The highest BCUT2D eigenvalue weighted by Crippen LogP contribution is 2.28. The highest BCUT2D eigenvalue weighted by Gasteiger charge is 2.40. The van der Waals surface area contributed by atoms with Crippen LogP contribution >= 0.6 is 0 Å². The number of nitrogens with zero attached hydrogens (tertiary/aromatic N) is 3. The van der Waals surface area contributed by atoms with Gasteiger partial charge in [0, 0.05) is 6.20 Å². The Morgan fingerprint density at radius 1 is 1.25 bits per heavy atom. The Morgan fingerprint density at radius 2 is 2.00 bits per heavy atom. The highest BCUT2D eigenvalue weighted by atomic mass is 19.3. The maximum Gasteiger partial charge on any atom is 0.416 e. The molecule has 1 amide bonds. The standard InChI is InChI=1S/C22H28F2N4O4/c1-13(15-7-6-8-16(11-15)31-19(23)24)26-20-25-10-9-18(27-20)28-17(12-30-21(28)29)14(2)32-22(3,4)5/h6-11,13-14,17,19H,12H2,1-5H3,(H,25,26,27)/t13-,14+,17+/m0/s1. The first-order valence-corrected chi connectivity index (χ1v) is 10.3. The molecule has 0 saturated carbocycles. The van der Waals surface area contributed by atoms with Crippen LogP contribution in [0.2, 0.25) is 0 Å². The van der Waals surface area contributed by atoms with Gasteiger partial charge in [0.05, 0.1) is 17.7 Å². The van der Waals surface area contributed by atoms with E-state index in [9.17, 15) is 13.6 Å². The summed E-state index contributed by atoms with van der Waals surface area (Å²) in [6.45, 7) is 6.86. The summed E-state index contributed by atoms with van der Waals surface area (Å²) in [4.78, 5) is 22.6.